The van der Waals surface area contributed by atoms with Gasteiger partial charge in [-0.1, -0.05) is 30.3 Å². The number of aryl methyl sites for hydroxylation is 1. The van der Waals surface area contributed by atoms with Crippen molar-refractivity contribution >= 4 is 11.8 Å². The quantitative estimate of drug-likeness (QED) is 0.361. The topological polar surface area (TPSA) is 138 Å². The Bertz CT molecular complexity index is 1440. The molecule has 2 aromatic carbocycles. The van der Waals surface area contributed by atoms with Gasteiger partial charge < -0.3 is 30.3 Å². The van der Waals surface area contributed by atoms with Crippen LogP contribution in [-0.2, 0) is 29.7 Å². The van der Waals surface area contributed by atoms with Gasteiger partial charge in [0.2, 0.25) is 5.91 Å². The number of carbonyl (C=O) groups excluding carboxylic acids is 2. The zero-order valence-corrected chi connectivity index (χ0v) is 24.3. The van der Waals surface area contributed by atoms with Gasteiger partial charge in [-0.25, -0.2) is 0 Å². The third-order valence-corrected chi connectivity index (χ3v) is 8.78. The van der Waals surface area contributed by atoms with E-state index in [2.05, 4.69) is 20.6 Å². The fourth-order valence-electron chi connectivity index (χ4n) is 6.26. The Labute approximate surface area is 250 Å². The highest BCUT2D eigenvalue weighted by atomic mass is 16.5. The zero-order valence-electron chi connectivity index (χ0n) is 24.3. The third-order valence-electron chi connectivity index (χ3n) is 8.78. The Balaban J connectivity index is 1.29. The molecule has 0 aliphatic carbocycles. The van der Waals surface area contributed by atoms with Gasteiger partial charge in [0.25, 0.3) is 5.91 Å². The molecule has 3 aliphatic heterocycles. The monoisotopic (exact) mass is 589 g/mol. The molecule has 3 aliphatic rings. The normalized spacial score (nSPS) is 26.7. The van der Waals surface area contributed by atoms with E-state index in [0.717, 1.165) is 22.4 Å². The molecule has 0 unspecified atom stereocenters. The van der Waals surface area contributed by atoms with Gasteiger partial charge in [0.15, 0.2) is 0 Å². The van der Waals surface area contributed by atoms with Crippen molar-refractivity contribution in [3.8, 4) is 16.9 Å². The van der Waals surface area contributed by atoms with Crippen molar-refractivity contribution in [2.75, 3.05) is 19.7 Å². The van der Waals surface area contributed by atoms with Crippen LogP contribution in [0.3, 0.4) is 0 Å². The maximum atomic E-state index is 13.7. The van der Waals surface area contributed by atoms with Crippen LogP contribution in [0.25, 0.3) is 11.1 Å². The van der Waals surface area contributed by atoms with E-state index in [9.17, 15) is 19.8 Å². The number of rotatable bonds is 4. The lowest BCUT2D eigenvalue weighted by atomic mass is 9.99. The number of hydrogen-bond donors (Lipinski definition) is 4. The lowest BCUT2D eigenvalue weighted by Gasteiger charge is -2.34. The maximum Gasteiger partial charge on any atom is 0.255 e. The first kappa shape index (κ1) is 29.3. The number of aliphatic hydroxyl groups excluding tert-OH is 2. The molecule has 0 spiro atoms. The minimum atomic E-state index is -0.655. The Morgan fingerprint density at radius 1 is 1.05 bits per heavy atom. The maximum absolute atomic E-state index is 13.7. The molecule has 228 valence electrons. The second-order valence-electron chi connectivity index (χ2n) is 11.7. The minimum absolute atomic E-state index is 0.0297. The van der Waals surface area contributed by atoms with E-state index in [1.54, 1.807) is 16.9 Å². The minimum Gasteiger partial charge on any atom is -0.493 e. The van der Waals surface area contributed by atoms with Crippen LogP contribution in [0.15, 0.2) is 54.7 Å². The summed E-state index contributed by atoms with van der Waals surface area (Å²) in [6.07, 6.45) is 2.72. The van der Waals surface area contributed by atoms with Crippen molar-refractivity contribution in [2.24, 2.45) is 7.05 Å². The van der Waals surface area contributed by atoms with Crippen LogP contribution in [0.1, 0.15) is 47.3 Å². The Morgan fingerprint density at radius 3 is 2.63 bits per heavy atom. The highest BCUT2D eigenvalue weighted by Crippen LogP contribution is 2.30. The second-order valence-corrected chi connectivity index (χ2v) is 11.7. The van der Waals surface area contributed by atoms with Gasteiger partial charge in [0.1, 0.15) is 11.9 Å². The molecule has 5 atom stereocenters. The summed E-state index contributed by atoms with van der Waals surface area (Å²) in [5.41, 5.74) is 4.04. The van der Waals surface area contributed by atoms with Crippen molar-refractivity contribution in [1.29, 1.82) is 0 Å². The number of benzene rings is 2. The SMILES string of the molecule is Cn1nccc1CN1C[C@@H]2C[C@H]1C(=O)NC[C@H]1O[C@H](CCOc3cc(-c4ccc(CO)cc4)ccc3C(=O)N2)CC[C@@H]1O. The lowest BCUT2D eigenvalue weighted by Crippen LogP contribution is -2.50. The number of hydrogen-bond acceptors (Lipinski definition) is 8. The summed E-state index contributed by atoms with van der Waals surface area (Å²) >= 11 is 0. The van der Waals surface area contributed by atoms with Crippen molar-refractivity contribution in [2.45, 2.75) is 69.2 Å². The number of nitrogens with zero attached hydrogens (tertiary/aromatic N) is 3. The average Bonchev–Trinajstić information content (AvgIpc) is 3.61. The molecule has 11 heteroatoms. The van der Waals surface area contributed by atoms with Crippen molar-refractivity contribution in [3.63, 3.8) is 0 Å². The first-order chi connectivity index (χ1) is 20.9. The number of aliphatic hydroxyl groups is 2. The predicted octanol–water partition coefficient (Wildman–Crippen LogP) is 1.76. The van der Waals surface area contributed by atoms with Crippen molar-refractivity contribution < 1.29 is 29.3 Å². The number of ether oxygens (including phenoxy) is 2. The number of amides is 2. The molecule has 4 bridgehead atoms. The zero-order chi connectivity index (χ0) is 29.9. The average molecular weight is 590 g/mol. The largest absolute Gasteiger partial charge is 0.493 e. The van der Waals surface area contributed by atoms with Gasteiger partial charge in [0, 0.05) is 45.3 Å². The highest BCUT2D eigenvalue weighted by molar-refractivity contribution is 5.98. The molecule has 2 saturated heterocycles. The summed E-state index contributed by atoms with van der Waals surface area (Å²) in [6.45, 7) is 1.51. The number of likely N-dealkylation sites (tertiary alicyclic amines) is 1. The molecule has 2 amide bonds. The van der Waals surface area contributed by atoms with Gasteiger partial charge in [-0.15, -0.1) is 0 Å². The molecule has 11 nitrogen and oxygen atoms in total. The van der Waals surface area contributed by atoms with Crippen LogP contribution in [0.2, 0.25) is 0 Å². The van der Waals surface area contributed by atoms with Crippen LogP contribution in [0.5, 0.6) is 5.75 Å². The Kier molecular flexibility index (Phi) is 8.75. The van der Waals surface area contributed by atoms with Crippen LogP contribution in [-0.4, -0.2) is 86.8 Å². The fraction of sp³-hybridized carbons (Fsp3) is 0.469. The Morgan fingerprint density at radius 2 is 1.86 bits per heavy atom. The summed E-state index contributed by atoms with van der Waals surface area (Å²) in [5, 5.41) is 30.5. The van der Waals surface area contributed by atoms with Crippen LogP contribution in [0.4, 0.5) is 0 Å². The van der Waals surface area contributed by atoms with Gasteiger partial charge >= 0.3 is 0 Å². The molecule has 0 radical (unpaired) electrons. The third kappa shape index (κ3) is 6.59. The van der Waals surface area contributed by atoms with E-state index in [4.69, 9.17) is 9.47 Å². The van der Waals surface area contributed by atoms with Crippen molar-refractivity contribution in [3.05, 3.63) is 71.5 Å². The lowest BCUT2D eigenvalue weighted by molar-refractivity contribution is -0.133. The van der Waals surface area contributed by atoms with Crippen LogP contribution in [0, 0.1) is 0 Å². The first-order valence-electron chi connectivity index (χ1n) is 15.0. The Hall–Kier alpha value is -3.77. The van der Waals surface area contributed by atoms with Crippen molar-refractivity contribution in [1.82, 2.24) is 25.3 Å². The molecular formula is C32H39N5O6. The molecule has 0 saturated carbocycles. The molecule has 6 rings (SSSR count). The number of aromatic nitrogens is 2. The molecular weight excluding hydrogens is 550 g/mol. The van der Waals surface area contributed by atoms with Gasteiger partial charge in [0.05, 0.1) is 42.7 Å². The highest BCUT2D eigenvalue weighted by Gasteiger charge is 2.39. The molecule has 4 N–H and O–H groups in total. The van der Waals surface area contributed by atoms with E-state index >= 15 is 0 Å². The molecule has 2 fully saturated rings. The van der Waals surface area contributed by atoms with Gasteiger partial charge in [-0.05, 0) is 54.2 Å². The molecule has 43 heavy (non-hydrogen) atoms. The summed E-state index contributed by atoms with van der Waals surface area (Å²) in [7, 11) is 1.87. The predicted molar refractivity (Wildman–Crippen MR) is 158 cm³/mol. The number of fused-ring (bicyclic) bond motifs is 5. The smallest absolute Gasteiger partial charge is 0.255 e. The molecule has 1 aromatic heterocycles. The van der Waals surface area contributed by atoms with Crippen LogP contribution >= 0.6 is 0 Å². The second kappa shape index (κ2) is 12.8. The summed E-state index contributed by atoms with van der Waals surface area (Å²) < 4.78 is 14.2. The molecule has 4 heterocycles. The summed E-state index contributed by atoms with van der Waals surface area (Å²) in [4.78, 5) is 29.2. The van der Waals surface area contributed by atoms with Gasteiger partial charge in [-0.2, -0.15) is 5.10 Å². The van der Waals surface area contributed by atoms with E-state index in [0.29, 0.717) is 56.7 Å². The van der Waals surface area contributed by atoms with E-state index in [-0.39, 0.29) is 37.1 Å². The summed E-state index contributed by atoms with van der Waals surface area (Å²) in [5.74, 6) is 0.0668. The summed E-state index contributed by atoms with van der Waals surface area (Å²) in [6, 6.07) is 14.4. The molecule has 3 aromatic rings. The fourth-order valence-corrected chi connectivity index (χ4v) is 6.26. The number of nitrogens with one attached hydrogen (secondary N) is 2. The standard InChI is InChI=1S/C32H39N5O6/c1-36-24(10-12-34-36)18-37-17-23-15-27(37)32(41)33-16-30-28(39)9-7-25(43-30)11-13-42-29-14-22(6-8-26(29)31(40)35-23)21-4-2-20(19-38)3-5-21/h2-6,8,10,12,14,23,25,27-28,30,38-39H,7,9,11,13,15-19H2,1H3,(H,33,41)(H,35,40)/t23-,25-,27-,28-,30+/m0/s1. The first-order valence-corrected chi connectivity index (χ1v) is 15.0. The van der Waals surface area contributed by atoms with Crippen LogP contribution < -0.4 is 15.4 Å². The van der Waals surface area contributed by atoms with E-state index in [1.807, 2.05) is 49.5 Å². The van der Waals surface area contributed by atoms with E-state index in [1.165, 1.54) is 0 Å². The van der Waals surface area contributed by atoms with Gasteiger partial charge in [-0.3, -0.25) is 19.2 Å². The van der Waals surface area contributed by atoms with E-state index < -0.39 is 18.2 Å². The number of carbonyl (C=O) groups is 2.